The number of rotatable bonds is 0. The number of carbonyl (C=O) groups is 1. The van der Waals surface area contributed by atoms with Crippen LogP contribution in [0, 0.1) is 0 Å². The second kappa shape index (κ2) is 4.93. The van der Waals surface area contributed by atoms with Gasteiger partial charge in [0.2, 0.25) is 6.41 Å². The van der Waals surface area contributed by atoms with Gasteiger partial charge in [-0.05, 0) is 10.8 Å². The van der Waals surface area contributed by atoms with Crippen molar-refractivity contribution in [2.24, 2.45) is 5.73 Å². The molecule has 0 saturated carbocycles. The van der Waals surface area contributed by atoms with E-state index in [1.807, 2.05) is 0 Å². The number of primary amides is 1. The Hall–Kier alpha value is -1.83. The first-order valence-corrected chi connectivity index (χ1v) is 3.97. The van der Waals surface area contributed by atoms with Crippen molar-refractivity contribution in [3.63, 3.8) is 0 Å². The molecule has 2 aromatic carbocycles. The molecule has 2 N–H and O–H groups in total. The first kappa shape index (κ1) is 9.26. The molecule has 0 saturated heterocycles. The number of nitrogens with two attached hydrogens (primary N) is 1. The van der Waals surface area contributed by atoms with Crippen LogP contribution in [-0.2, 0) is 4.79 Å². The molecule has 0 heterocycles. The molecule has 0 aliphatic heterocycles. The molecular formula is C11H11NO. The lowest BCUT2D eigenvalue weighted by molar-refractivity contribution is -0.106. The fraction of sp³-hybridized carbons (Fsp3) is 0. The summed E-state index contributed by atoms with van der Waals surface area (Å²) < 4.78 is 0. The van der Waals surface area contributed by atoms with Gasteiger partial charge in [-0.2, -0.15) is 0 Å². The molecule has 13 heavy (non-hydrogen) atoms. The van der Waals surface area contributed by atoms with Crippen molar-refractivity contribution in [3.05, 3.63) is 48.5 Å². The topological polar surface area (TPSA) is 43.1 Å². The van der Waals surface area contributed by atoms with Crippen LogP contribution in [0.15, 0.2) is 48.5 Å². The average Bonchev–Trinajstić information content (AvgIpc) is 2.19. The Bertz CT molecular complexity index is 319. The molecule has 2 nitrogen and oxygen atoms in total. The van der Waals surface area contributed by atoms with Crippen molar-refractivity contribution >= 4 is 17.2 Å². The van der Waals surface area contributed by atoms with E-state index in [-0.39, 0.29) is 6.41 Å². The quantitative estimate of drug-likeness (QED) is 0.608. The SMILES string of the molecule is NC=O.c1ccc2ccccc2c1. The minimum absolute atomic E-state index is 0.250. The van der Waals surface area contributed by atoms with Crippen molar-refractivity contribution in [2.75, 3.05) is 0 Å². The fourth-order valence-electron chi connectivity index (χ4n) is 1.13. The zero-order chi connectivity index (χ0) is 9.52. The smallest absolute Gasteiger partial charge is 0.204 e. The standard InChI is InChI=1S/C10H8.CH3NO/c1-2-6-10-8-4-3-7-9(10)5-1;2-1-3/h1-8H;1H,(H2,2,3). The monoisotopic (exact) mass is 173 g/mol. The first-order valence-electron chi connectivity index (χ1n) is 3.97. The van der Waals surface area contributed by atoms with Crippen molar-refractivity contribution in [1.29, 1.82) is 0 Å². The Morgan fingerprint density at radius 3 is 1.31 bits per heavy atom. The van der Waals surface area contributed by atoms with Crippen molar-refractivity contribution in [3.8, 4) is 0 Å². The predicted octanol–water partition coefficient (Wildman–Crippen LogP) is 1.94. The summed E-state index contributed by atoms with van der Waals surface area (Å²) in [6, 6.07) is 16.7. The van der Waals surface area contributed by atoms with E-state index >= 15 is 0 Å². The van der Waals surface area contributed by atoms with Crippen LogP contribution >= 0.6 is 0 Å². The van der Waals surface area contributed by atoms with Gasteiger partial charge in [-0.15, -0.1) is 0 Å². The summed E-state index contributed by atoms with van der Waals surface area (Å²) in [6.07, 6.45) is 0.250. The van der Waals surface area contributed by atoms with Crippen molar-refractivity contribution in [2.45, 2.75) is 0 Å². The van der Waals surface area contributed by atoms with Crippen molar-refractivity contribution in [1.82, 2.24) is 0 Å². The van der Waals surface area contributed by atoms with E-state index < -0.39 is 0 Å². The maximum atomic E-state index is 8.58. The summed E-state index contributed by atoms with van der Waals surface area (Å²) in [5, 5.41) is 2.62. The molecular weight excluding hydrogens is 162 g/mol. The van der Waals surface area contributed by atoms with Crippen LogP contribution < -0.4 is 5.73 Å². The van der Waals surface area contributed by atoms with E-state index in [2.05, 4.69) is 54.3 Å². The molecule has 66 valence electrons. The Labute approximate surface area is 77.0 Å². The second-order valence-electron chi connectivity index (χ2n) is 2.48. The fourth-order valence-corrected chi connectivity index (χ4v) is 1.13. The Balaban J connectivity index is 0.000000251. The number of hydrogen-bond donors (Lipinski definition) is 1. The Morgan fingerprint density at radius 2 is 1.08 bits per heavy atom. The van der Waals surface area contributed by atoms with E-state index in [4.69, 9.17) is 4.79 Å². The van der Waals surface area contributed by atoms with E-state index in [1.165, 1.54) is 10.8 Å². The van der Waals surface area contributed by atoms with Gasteiger partial charge in [-0.1, -0.05) is 48.5 Å². The van der Waals surface area contributed by atoms with Crippen LogP contribution in [-0.4, -0.2) is 6.41 Å². The summed E-state index contributed by atoms with van der Waals surface area (Å²) in [4.78, 5) is 8.58. The molecule has 1 amide bonds. The highest BCUT2D eigenvalue weighted by atomic mass is 16.1. The van der Waals surface area contributed by atoms with E-state index in [9.17, 15) is 0 Å². The molecule has 0 aromatic heterocycles. The van der Waals surface area contributed by atoms with Crippen LogP contribution in [0.4, 0.5) is 0 Å². The summed E-state index contributed by atoms with van der Waals surface area (Å²) in [7, 11) is 0. The second-order valence-corrected chi connectivity index (χ2v) is 2.48. The molecule has 0 aliphatic rings. The van der Waals surface area contributed by atoms with Crippen LogP contribution in [0.2, 0.25) is 0 Å². The molecule has 0 bridgehead atoms. The largest absolute Gasteiger partial charge is 0.372 e. The van der Waals surface area contributed by atoms with Gasteiger partial charge in [0.1, 0.15) is 0 Å². The molecule has 0 radical (unpaired) electrons. The van der Waals surface area contributed by atoms with Gasteiger partial charge in [-0.3, -0.25) is 4.79 Å². The number of fused-ring (bicyclic) bond motifs is 1. The molecule has 0 unspecified atom stereocenters. The normalized spacial score (nSPS) is 8.62. The van der Waals surface area contributed by atoms with E-state index in [1.54, 1.807) is 0 Å². The number of carbonyl (C=O) groups excluding carboxylic acids is 1. The van der Waals surface area contributed by atoms with Gasteiger partial charge in [0.15, 0.2) is 0 Å². The first-order chi connectivity index (χ1) is 6.38. The lowest BCUT2D eigenvalue weighted by atomic mass is 10.1. The summed E-state index contributed by atoms with van der Waals surface area (Å²) >= 11 is 0. The lowest BCUT2D eigenvalue weighted by Gasteiger charge is -1.92. The van der Waals surface area contributed by atoms with E-state index in [0.717, 1.165) is 0 Å². The highest BCUT2D eigenvalue weighted by molar-refractivity contribution is 5.81. The lowest BCUT2D eigenvalue weighted by Crippen LogP contribution is -1.82. The minimum atomic E-state index is 0.250. The van der Waals surface area contributed by atoms with Gasteiger partial charge in [0.05, 0.1) is 0 Å². The minimum Gasteiger partial charge on any atom is -0.372 e. The number of amides is 1. The van der Waals surface area contributed by atoms with Gasteiger partial charge in [0.25, 0.3) is 0 Å². The summed E-state index contributed by atoms with van der Waals surface area (Å²) in [5.74, 6) is 0. The van der Waals surface area contributed by atoms with Gasteiger partial charge in [-0.25, -0.2) is 0 Å². The Kier molecular flexibility index (Phi) is 3.51. The molecule has 2 aromatic rings. The van der Waals surface area contributed by atoms with Gasteiger partial charge >= 0.3 is 0 Å². The maximum absolute atomic E-state index is 8.58. The highest BCUT2D eigenvalue weighted by Gasteiger charge is 1.85. The molecule has 0 spiro atoms. The van der Waals surface area contributed by atoms with Crippen LogP contribution in [0.1, 0.15) is 0 Å². The molecule has 2 heteroatoms. The third-order valence-corrected chi connectivity index (χ3v) is 1.66. The number of hydrogen-bond acceptors (Lipinski definition) is 1. The zero-order valence-electron chi connectivity index (χ0n) is 7.18. The molecule has 2 rings (SSSR count). The molecule has 0 aliphatic carbocycles. The highest BCUT2D eigenvalue weighted by Crippen LogP contribution is 2.11. The van der Waals surface area contributed by atoms with Crippen LogP contribution in [0.5, 0.6) is 0 Å². The van der Waals surface area contributed by atoms with Gasteiger partial charge < -0.3 is 5.73 Å². The third kappa shape index (κ3) is 2.60. The average molecular weight is 173 g/mol. The van der Waals surface area contributed by atoms with Crippen molar-refractivity contribution < 1.29 is 4.79 Å². The summed E-state index contributed by atoms with van der Waals surface area (Å²) in [6.45, 7) is 0. The third-order valence-electron chi connectivity index (χ3n) is 1.66. The Morgan fingerprint density at radius 1 is 0.846 bits per heavy atom. The molecule has 0 fully saturated rings. The van der Waals surface area contributed by atoms with Crippen LogP contribution in [0.3, 0.4) is 0 Å². The van der Waals surface area contributed by atoms with Gasteiger partial charge in [0, 0.05) is 0 Å². The maximum Gasteiger partial charge on any atom is 0.204 e. The zero-order valence-corrected chi connectivity index (χ0v) is 7.18. The number of benzene rings is 2. The predicted molar refractivity (Wildman–Crippen MR) is 54.2 cm³/mol. The summed E-state index contributed by atoms with van der Waals surface area (Å²) in [5.41, 5.74) is 4.17. The van der Waals surface area contributed by atoms with E-state index in [0.29, 0.717) is 0 Å². The van der Waals surface area contributed by atoms with Crippen LogP contribution in [0.25, 0.3) is 10.8 Å². The molecule has 0 atom stereocenters.